The molecule has 6 heteroatoms. The number of amides is 1. The minimum Gasteiger partial charge on any atom is -0.351 e. The molecule has 0 bridgehead atoms. The molecule has 0 saturated heterocycles. The van der Waals surface area contributed by atoms with Crippen LogP contribution < -0.4 is 5.73 Å². The fourth-order valence-corrected chi connectivity index (χ4v) is 2.63. The zero-order chi connectivity index (χ0) is 13.4. The molecule has 2 N–H and O–H groups in total. The topological polar surface area (TPSA) is 78.0 Å². The third-order valence-corrected chi connectivity index (χ3v) is 3.77. The van der Waals surface area contributed by atoms with Crippen LogP contribution in [0.5, 0.6) is 0 Å². The number of thiophene rings is 1. The van der Waals surface area contributed by atoms with Crippen LogP contribution in [0.3, 0.4) is 0 Å². The molecule has 0 aliphatic heterocycles. The summed E-state index contributed by atoms with van der Waals surface area (Å²) in [5.41, 5.74) is 6.58. The lowest BCUT2D eigenvalue weighted by Crippen LogP contribution is -2.18. The Balaban J connectivity index is 2.11. The van der Waals surface area contributed by atoms with Gasteiger partial charge in [0.15, 0.2) is 6.29 Å². The summed E-state index contributed by atoms with van der Waals surface area (Å²) in [6.45, 7) is 0. The molecule has 0 aromatic carbocycles. The van der Waals surface area contributed by atoms with E-state index in [2.05, 4.69) is 11.1 Å². The van der Waals surface area contributed by atoms with Crippen LogP contribution in [0.15, 0.2) is 30.6 Å². The van der Waals surface area contributed by atoms with Crippen molar-refractivity contribution in [3.63, 3.8) is 0 Å². The summed E-state index contributed by atoms with van der Waals surface area (Å²) in [7, 11) is 0. The molecule has 3 rings (SSSR count). The van der Waals surface area contributed by atoms with E-state index >= 15 is 0 Å². The van der Waals surface area contributed by atoms with E-state index in [-0.39, 0.29) is 0 Å². The van der Waals surface area contributed by atoms with E-state index in [1.165, 1.54) is 22.1 Å². The van der Waals surface area contributed by atoms with Gasteiger partial charge in [-0.15, -0.1) is 11.3 Å². The first-order valence-electron chi connectivity index (χ1n) is 5.43. The molecule has 1 radical (unpaired) electrons. The first-order valence-corrected chi connectivity index (χ1v) is 6.24. The highest BCUT2D eigenvalue weighted by Crippen LogP contribution is 2.28. The van der Waals surface area contributed by atoms with Crippen molar-refractivity contribution in [2.24, 2.45) is 5.73 Å². The molecule has 3 aromatic rings. The Morgan fingerprint density at radius 1 is 1.47 bits per heavy atom. The second-order valence-corrected chi connectivity index (χ2v) is 5.01. The molecule has 5 nitrogen and oxygen atoms in total. The zero-order valence-electron chi connectivity index (χ0n) is 9.66. The number of hydrogen-bond donors (Lipinski definition) is 1. The number of carbonyl (C=O) groups is 2. The Kier molecular flexibility index (Phi) is 2.64. The molecule has 19 heavy (non-hydrogen) atoms. The summed E-state index contributed by atoms with van der Waals surface area (Å²) in [6.07, 6.45) is 3.93. The van der Waals surface area contributed by atoms with Gasteiger partial charge in [-0.1, -0.05) is 0 Å². The number of rotatable bonds is 2. The van der Waals surface area contributed by atoms with Crippen LogP contribution in [0.1, 0.15) is 9.67 Å². The Morgan fingerprint density at radius 3 is 3.00 bits per heavy atom. The molecule has 93 valence electrons. The molecular formula is C13H8N3O2S. The van der Waals surface area contributed by atoms with E-state index in [1.807, 2.05) is 12.1 Å². The Morgan fingerprint density at radius 2 is 2.32 bits per heavy atom. The second kappa shape index (κ2) is 4.33. The average Bonchev–Trinajstić information content (AvgIpc) is 3.04. The van der Waals surface area contributed by atoms with Gasteiger partial charge in [0.2, 0.25) is 0 Å². The fraction of sp³-hybridized carbons (Fsp3) is 0. The van der Waals surface area contributed by atoms with Gasteiger partial charge in [-0.05, 0) is 18.2 Å². The summed E-state index contributed by atoms with van der Waals surface area (Å²) >= 11 is 1.39. The maximum absolute atomic E-state index is 11.2. The van der Waals surface area contributed by atoms with E-state index in [0.29, 0.717) is 15.9 Å². The highest BCUT2D eigenvalue weighted by molar-refractivity contribution is 7.17. The van der Waals surface area contributed by atoms with E-state index in [4.69, 9.17) is 5.73 Å². The smallest absolute Gasteiger partial charge is 0.324 e. The molecule has 1 amide bonds. The van der Waals surface area contributed by atoms with E-state index in [9.17, 15) is 9.59 Å². The van der Waals surface area contributed by atoms with Crippen molar-refractivity contribution in [2.45, 2.75) is 0 Å². The average molecular weight is 270 g/mol. The van der Waals surface area contributed by atoms with Crippen LogP contribution in [0.4, 0.5) is 4.79 Å². The number of hydrogen-bond acceptors (Lipinski definition) is 4. The molecule has 0 atom stereocenters. The van der Waals surface area contributed by atoms with E-state index < -0.39 is 6.03 Å². The summed E-state index contributed by atoms with van der Waals surface area (Å²) < 4.78 is 1.24. The summed E-state index contributed by atoms with van der Waals surface area (Å²) in [4.78, 5) is 27.7. The molecule has 0 unspecified atom stereocenters. The van der Waals surface area contributed by atoms with Crippen molar-refractivity contribution in [1.82, 2.24) is 9.55 Å². The lowest BCUT2D eigenvalue weighted by Gasteiger charge is -2.00. The summed E-state index contributed by atoms with van der Waals surface area (Å²) in [5, 5.41) is 0.706. The summed E-state index contributed by atoms with van der Waals surface area (Å²) in [6, 6.07) is 7.83. The van der Waals surface area contributed by atoms with Crippen molar-refractivity contribution in [1.29, 1.82) is 0 Å². The van der Waals surface area contributed by atoms with Gasteiger partial charge >= 0.3 is 6.03 Å². The van der Waals surface area contributed by atoms with Crippen molar-refractivity contribution in [2.75, 3.05) is 0 Å². The van der Waals surface area contributed by atoms with E-state index in [1.54, 1.807) is 12.3 Å². The molecule has 3 aromatic heterocycles. The van der Waals surface area contributed by atoms with Crippen molar-refractivity contribution < 1.29 is 9.59 Å². The third kappa shape index (κ3) is 1.92. The largest absolute Gasteiger partial charge is 0.351 e. The van der Waals surface area contributed by atoms with E-state index in [0.717, 1.165) is 16.7 Å². The minimum atomic E-state index is -0.592. The first-order chi connectivity index (χ1) is 9.19. The Hall–Kier alpha value is -2.47. The predicted molar refractivity (Wildman–Crippen MR) is 72.3 cm³/mol. The number of aromatic nitrogens is 2. The van der Waals surface area contributed by atoms with Crippen LogP contribution in [-0.2, 0) is 0 Å². The molecule has 0 saturated carbocycles. The second-order valence-electron chi connectivity index (χ2n) is 3.90. The van der Waals surface area contributed by atoms with Crippen LogP contribution in [0.2, 0.25) is 0 Å². The molecule has 0 spiro atoms. The van der Waals surface area contributed by atoms with Gasteiger partial charge in [0.1, 0.15) is 5.65 Å². The molecule has 0 aliphatic carbocycles. The Labute approximate surface area is 112 Å². The lowest BCUT2D eigenvalue weighted by molar-refractivity contribution is 0.112. The fourth-order valence-electron chi connectivity index (χ4n) is 1.83. The maximum atomic E-state index is 11.2. The maximum Gasteiger partial charge on any atom is 0.324 e. The van der Waals surface area contributed by atoms with Crippen LogP contribution in [-0.4, -0.2) is 21.9 Å². The van der Waals surface area contributed by atoms with Crippen molar-refractivity contribution >= 4 is 34.7 Å². The van der Waals surface area contributed by atoms with Gasteiger partial charge in [-0.3, -0.25) is 9.36 Å². The number of primary amides is 1. The van der Waals surface area contributed by atoms with Gasteiger partial charge < -0.3 is 5.73 Å². The van der Waals surface area contributed by atoms with Crippen LogP contribution in [0, 0.1) is 6.07 Å². The number of nitrogens with two attached hydrogens (primary N) is 1. The molecule has 0 aliphatic rings. The standard InChI is InChI=1S/C13H8N3O2S/c14-13(18)16-4-3-8-5-9(6-15-12(8)16)11-2-1-10(7-17)19-11/h1-2,4-7H,(H2,14,18). The lowest BCUT2D eigenvalue weighted by atomic mass is 10.2. The quantitative estimate of drug-likeness (QED) is 0.726. The monoisotopic (exact) mass is 270 g/mol. The number of carbonyl (C=O) groups excluding carboxylic acids is 2. The molecular weight excluding hydrogens is 262 g/mol. The van der Waals surface area contributed by atoms with Gasteiger partial charge in [-0.25, -0.2) is 9.78 Å². The normalized spacial score (nSPS) is 10.7. The van der Waals surface area contributed by atoms with Gasteiger partial charge in [0.25, 0.3) is 0 Å². The SMILES string of the molecule is NC(=O)n1c[c]c2cc(-c3ccc(C=O)s3)cnc21. The Bertz CT molecular complexity index is 788. The highest BCUT2D eigenvalue weighted by atomic mass is 32.1. The molecule has 3 heterocycles. The number of nitrogens with zero attached hydrogens (tertiary/aromatic N) is 2. The van der Waals surface area contributed by atoms with Crippen LogP contribution >= 0.6 is 11.3 Å². The van der Waals surface area contributed by atoms with Crippen LogP contribution in [0.25, 0.3) is 21.5 Å². The third-order valence-electron chi connectivity index (χ3n) is 2.71. The predicted octanol–water partition coefficient (Wildman–Crippen LogP) is 2.30. The number of aldehydes is 1. The summed E-state index contributed by atoms with van der Waals surface area (Å²) in [5.74, 6) is 0. The number of pyridine rings is 1. The van der Waals surface area contributed by atoms with Gasteiger partial charge in [0.05, 0.1) is 4.88 Å². The first kappa shape index (κ1) is 11.6. The van der Waals surface area contributed by atoms with Gasteiger partial charge in [0, 0.05) is 34.3 Å². The van der Waals surface area contributed by atoms with Crippen molar-refractivity contribution in [3.8, 4) is 10.4 Å². The zero-order valence-corrected chi connectivity index (χ0v) is 10.5. The van der Waals surface area contributed by atoms with Gasteiger partial charge in [-0.2, -0.15) is 0 Å². The van der Waals surface area contributed by atoms with Crippen molar-refractivity contribution in [3.05, 3.63) is 41.5 Å². The minimum absolute atomic E-state index is 0.475. The highest BCUT2D eigenvalue weighted by Gasteiger charge is 2.09. The number of fused-ring (bicyclic) bond motifs is 1. The molecule has 0 fully saturated rings.